The van der Waals surface area contributed by atoms with Crippen molar-refractivity contribution >= 4 is 27.5 Å². The molecule has 2 aromatic rings. The van der Waals surface area contributed by atoms with E-state index in [1.54, 1.807) is 4.68 Å². The van der Waals surface area contributed by atoms with Gasteiger partial charge in [-0.1, -0.05) is 18.5 Å². The predicted molar refractivity (Wildman–Crippen MR) is 61.2 cm³/mol. The minimum Gasteiger partial charge on any atom is -0.196 e. The summed E-state index contributed by atoms with van der Waals surface area (Å²) in [5.41, 5.74) is 0.890. The monoisotopic (exact) mass is 286 g/mol. The quantitative estimate of drug-likeness (QED) is 0.853. The van der Waals surface area contributed by atoms with Gasteiger partial charge in [-0.25, -0.2) is 0 Å². The summed E-state index contributed by atoms with van der Waals surface area (Å²) < 4.78 is 2.57. The molecular weight excluding hydrogens is 279 g/mol. The maximum absolute atomic E-state index is 5.86. The number of tetrazole rings is 1. The molecule has 0 aliphatic carbocycles. The zero-order chi connectivity index (χ0) is 10.8. The third kappa shape index (κ3) is 2.03. The van der Waals surface area contributed by atoms with E-state index in [9.17, 15) is 0 Å². The summed E-state index contributed by atoms with van der Waals surface area (Å²) in [5.74, 6) is 0.818. The van der Waals surface area contributed by atoms with Crippen LogP contribution in [0.1, 0.15) is 12.7 Å². The summed E-state index contributed by atoms with van der Waals surface area (Å²) in [4.78, 5) is 0. The van der Waals surface area contributed by atoms with Crippen LogP contribution in [0.4, 0.5) is 0 Å². The highest BCUT2D eigenvalue weighted by Crippen LogP contribution is 2.24. The number of hydrogen-bond acceptors (Lipinski definition) is 3. The Labute approximate surface area is 100 Å². The number of aryl methyl sites for hydroxylation is 1. The maximum Gasteiger partial charge on any atom is 0.156 e. The van der Waals surface area contributed by atoms with E-state index in [2.05, 4.69) is 31.5 Å². The van der Waals surface area contributed by atoms with Crippen LogP contribution in [0.25, 0.3) is 5.69 Å². The van der Waals surface area contributed by atoms with Gasteiger partial charge in [-0.15, -0.1) is 5.10 Å². The SMILES string of the molecule is CCc1nnnn1-c1ccc(Cl)cc1Br. The normalized spacial score (nSPS) is 10.6. The number of hydrogen-bond donors (Lipinski definition) is 0. The van der Waals surface area contributed by atoms with Gasteiger partial charge in [-0.05, 0) is 44.6 Å². The van der Waals surface area contributed by atoms with Crippen molar-refractivity contribution in [2.75, 3.05) is 0 Å². The smallest absolute Gasteiger partial charge is 0.156 e. The fraction of sp³-hybridized carbons (Fsp3) is 0.222. The van der Waals surface area contributed by atoms with Crippen molar-refractivity contribution in [1.29, 1.82) is 0 Å². The first-order chi connectivity index (χ1) is 7.22. The summed E-state index contributed by atoms with van der Waals surface area (Å²) >= 11 is 9.29. The second-order valence-corrected chi connectivity index (χ2v) is 4.25. The molecule has 0 spiro atoms. The number of halogens is 2. The standard InChI is InChI=1S/C9H8BrClN4/c1-2-9-12-13-14-15(9)8-4-3-6(11)5-7(8)10/h3-5H,2H2,1H3. The molecular formula is C9H8BrClN4. The Balaban J connectivity index is 2.54. The van der Waals surface area contributed by atoms with E-state index in [4.69, 9.17) is 11.6 Å². The van der Waals surface area contributed by atoms with E-state index < -0.39 is 0 Å². The minimum absolute atomic E-state index is 0.678. The van der Waals surface area contributed by atoms with Gasteiger partial charge < -0.3 is 0 Å². The Morgan fingerprint density at radius 3 is 2.93 bits per heavy atom. The second-order valence-electron chi connectivity index (χ2n) is 2.96. The van der Waals surface area contributed by atoms with E-state index in [1.807, 2.05) is 25.1 Å². The lowest BCUT2D eigenvalue weighted by Crippen LogP contribution is -2.02. The van der Waals surface area contributed by atoms with Crippen LogP contribution in [0.15, 0.2) is 22.7 Å². The molecule has 4 nitrogen and oxygen atoms in total. The Morgan fingerprint density at radius 1 is 1.47 bits per heavy atom. The van der Waals surface area contributed by atoms with Gasteiger partial charge in [-0.2, -0.15) is 4.68 Å². The molecule has 0 saturated heterocycles. The summed E-state index contributed by atoms with van der Waals surface area (Å²) in [6, 6.07) is 5.50. The summed E-state index contributed by atoms with van der Waals surface area (Å²) in [7, 11) is 0. The van der Waals surface area contributed by atoms with Gasteiger partial charge in [0.15, 0.2) is 5.82 Å². The lowest BCUT2D eigenvalue weighted by Gasteiger charge is -2.05. The number of rotatable bonds is 2. The first-order valence-corrected chi connectivity index (χ1v) is 5.62. The minimum atomic E-state index is 0.678. The average Bonchev–Trinajstić information content (AvgIpc) is 2.65. The predicted octanol–water partition coefficient (Wildman–Crippen LogP) is 2.64. The molecule has 2 rings (SSSR count). The van der Waals surface area contributed by atoms with Crippen LogP contribution in [-0.2, 0) is 6.42 Å². The van der Waals surface area contributed by atoms with Crippen molar-refractivity contribution in [2.45, 2.75) is 13.3 Å². The van der Waals surface area contributed by atoms with Crippen molar-refractivity contribution < 1.29 is 0 Å². The van der Waals surface area contributed by atoms with Gasteiger partial charge in [0.05, 0.1) is 5.69 Å². The summed E-state index contributed by atoms with van der Waals surface area (Å²) in [5, 5.41) is 12.2. The molecule has 0 N–H and O–H groups in total. The zero-order valence-electron chi connectivity index (χ0n) is 7.98. The van der Waals surface area contributed by atoms with Gasteiger partial charge >= 0.3 is 0 Å². The maximum atomic E-state index is 5.86. The number of nitrogens with zero attached hydrogens (tertiary/aromatic N) is 4. The largest absolute Gasteiger partial charge is 0.196 e. The van der Waals surface area contributed by atoms with E-state index in [-0.39, 0.29) is 0 Å². The van der Waals surface area contributed by atoms with Gasteiger partial charge in [0, 0.05) is 15.9 Å². The molecule has 0 fully saturated rings. The van der Waals surface area contributed by atoms with Crippen LogP contribution >= 0.6 is 27.5 Å². The van der Waals surface area contributed by atoms with Gasteiger partial charge in [0.25, 0.3) is 0 Å². The molecule has 0 radical (unpaired) electrons. The van der Waals surface area contributed by atoms with Crippen molar-refractivity contribution in [3.63, 3.8) is 0 Å². The molecule has 0 aliphatic rings. The van der Waals surface area contributed by atoms with E-state index in [0.717, 1.165) is 22.4 Å². The van der Waals surface area contributed by atoms with Crippen LogP contribution in [0.5, 0.6) is 0 Å². The topological polar surface area (TPSA) is 43.6 Å². The van der Waals surface area contributed by atoms with Crippen molar-refractivity contribution in [1.82, 2.24) is 20.2 Å². The summed E-state index contributed by atoms with van der Waals surface area (Å²) in [6.45, 7) is 2.01. The fourth-order valence-electron chi connectivity index (χ4n) is 1.27. The Bertz CT molecular complexity index is 483. The highest BCUT2D eigenvalue weighted by molar-refractivity contribution is 9.10. The van der Waals surface area contributed by atoms with Crippen LogP contribution in [0.3, 0.4) is 0 Å². The summed E-state index contributed by atoms with van der Waals surface area (Å²) in [6.07, 6.45) is 0.780. The lowest BCUT2D eigenvalue weighted by molar-refractivity contribution is 0.764. The molecule has 0 aliphatic heterocycles. The Morgan fingerprint density at radius 2 is 2.27 bits per heavy atom. The number of aromatic nitrogens is 4. The molecule has 78 valence electrons. The molecule has 0 saturated carbocycles. The van der Waals surface area contributed by atoms with Crippen molar-refractivity contribution in [3.05, 3.63) is 33.5 Å². The van der Waals surface area contributed by atoms with Crippen molar-refractivity contribution in [2.24, 2.45) is 0 Å². The fourth-order valence-corrected chi connectivity index (χ4v) is 2.12. The molecule has 0 amide bonds. The van der Waals surface area contributed by atoms with E-state index in [1.165, 1.54) is 0 Å². The van der Waals surface area contributed by atoms with Crippen LogP contribution in [0.2, 0.25) is 5.02 Å². The van der Waals surface area contributed by atoms with E-state index in [0.29, 0.717) is 5.02 Å². The average molecular weight is 288 g/mol. The van der Waals surface area contributed by atoms with Gasteiger partial charge in [0.1, 0.15) is 0 Å². The first kappa shape index (κ1) is 10.6. The van der Waals surface area contributed by atoms with E-state index >= 15 is 0 Å². The molecule has 0 bridgehead atoms. The molecule has 6 heteroatoms. The lowest BCUT2D eigenvalue weighted by atomic mass is 10.3. The first-order valence-electron chi connectivity index (χ1n) is 4.45. The molecule has 1 aromatic carbocycles. The molecule has 15 heavy (non-hydrogen) atoms. The molecule has 1 aromatic heterocycles. The zero-order valence-corrected chi connectivity index (χ0v) is 10.3. The van der Waals surface area contributed by atoms with Crippen LogP contribution < -0.4 is 0 Å². The molecule has 1 heterocycles. The van der Waals surface area contributed by atoms with Crippen molar-refractivity contribution in [3.8, 4) is 5.69 Å². The van der Waals surface area contributed by atoms with Gasteiger partial charge in [-0.3, -0.25) is 0 Å². The highest BCUT2D eigenvalue weighted by atomic mass is 79.9. The second kappa shape index (κ2) is 4.28. The molecule has 0 atom stereocenters. The van der Waals surface area contributed by atoms with Crippen LogP contribution in [0, 0.1) is 0 Å². The Kier molecular flexibility index (Phi) is 3.02. The number of benzene rings is 1. The van der Waals surface area contributed by atoms with Gasteiger partial charge in [0.2, 0.25) is 0 Å². The third-order valence-electron chi connectivity index (χ3n) is 1.99. The Hall–Kier alpha value is -0.940. The molecule has 0 unspecified atom stereocenters. The van der Waals surface area contributed by atoms with Crippen LogP contribution in [-0.4, -0.2) is 20.2 Å². The third-order valence-corrected chi connectivity index (χ3v) is 2.86. The highest BCUT2D eigenvalue weighted by Gasteiger charge is 2.09.